The topological polar surface area (TPSA) is 88.3 Å². The van der Waals surface area contributed by atoms with Crippen LogP contribution in [-0.2, 0) is 9.59 Å². The first-order valence-electron chi connectivity index (χ1n) is 7.07. The van der Waals surface area contributed by atoms with E-state index in [-0.39, 0.29) is 30.9 Å². The summed E-state index contributed by atoms with van der Waals surface area (Å²) in [6.07, 6.45) is 0. The average molecular weight is 320 g/mol. The molecule has 1 aromatic heterocycles. The standard InChI is InChI=1S/C15H20N4O2S/c1-9(2)19(14(21)7-16)8-13(20)18-15-17-11-5-4-10(3)6-12(11)22-15/h4-6,9H,7-8,16H2,1-3H3,(H,17,18,20). The summed E-state index contributed by atoms with van der Waals surface area (Å²) >= 11 is 1.42. The van der Waals surface area contributed by atoms with Crippen molar-refractivity contribution >= 4 is 38.5 Å². The van der Waals surface area contributed by atoms with Crippen LogP contribution in [0.5, 0.6) is 0 Å². The Hall–Kier alpha value is -1.99. The van der Waals surface area contributed by atoms with Crippen LogP contribution in [0.25, 0.3) is 10.2 Å². The average Bonchev–Trinajstić information content (AvgIpc) is 2.84. The van der Waals surface area contributed by atoms with Crippen molar-refractivity contribution in [1.29, 1.82) is 0 Å². The summed E-state index contributed by atoms with van der Waals surface area (Å²) in [6.45, 7) is 5.58. The molecule has 2 aromatic rings. The Kier molecular flexibility index (Phi) is 5.10. The molecule has 2 amide bonds. The highest BCUT2D eigenvalue weighted by Crippen LogP contribution is 2.26. The van der Waals surface area contributed by atoms with Crippen molar-refractivity contribution in [3.63, 3.8) is 0 Å². The smallest absolute Gasteiger partial charge is 0.245 e. The van der Waals surface area contributed by atoms with Crippen LogP contribution in [0.1, 0.15) is 19.4 Å². The van der Waals surface area contributed by atoms with E-state index in [0.29, 0.717) is 5.13 Å². The second-order valence-electron chi connectivity index (χ2n) is 5.36. The molecule has 0 unspecified atom stereocenters. The van der Waals surface area contributed by atoms with E-state index in [9.17, 15) is 9.59 Å². The lowest BCUT2D eigenvalue weighted by atomic mass is 10.2. The molecule has 7 heteroatoms. The Labute approximate surface area is 133 Å². The molecule has 2 rings (SSSR count). The normalized spacial score (nSPS) is 11.0. The maximum Gasteiger partial charge on any atom is 0.245 e. The fourth-order valence-corrected chi connectivity index (χ4v) is 3.06. The molecule has 0 fully saturated rings. The lowest BCUT2D eigenvalue weighted by molar-refractivity contribution is -0.135. The second-order valence-corrected chi connectivity index (χ2v) is 6.39. The first-order chi connectivity index (χ1) is 10.4. The number of hydrogen-bond donors (Lipinski definition) is 2. The molecule has 0 aliphatic rings. The molecule has 118 valence electrons. The minimum absolute atomic E-state index is 0.0251. The van der Waals surface area contributed by atoms with Crippen LogP contribution < -0.4 is 11.1 Å². The quantitative estimate of drug-likeness (QED) is 0.878. The summed E-state index contributed by atoms with van der Waals surface area (Å²) in [5.74, 6) is -0.517. The van der Waals surface area contributed by atoms with Crippen molar-refractivity contribution in [1.82, 2.24) is 9.88 Å². The van der Waals surface area contributed by atoms with Crippen LogP contribution in [0.3, 0.4) is 0 Å². The zero-order valence-electron chi connectivity index (χ0n) is 12.9. The predicted molar refractivity (Wildman–Crippen MR) is 88.9 cm³/mol. The number of nitrogens with two attached hydrogens (primary N) is 1. The number of aryl methyl sites for hydroxylation is 1. The van der Waals surface area contributed by atoms with Gasteiger partial charge in [-0.1, -0.05) is 17.4 Å². The number of carbonyl (C=O) groups excluding carboxylic acids is 2. The van der Waals surface area contributed by atoms with E-state index in [2.05, 4.69) is 10.3 Å². The Morgan fingerprint density at radius 1 is 1.41 bits per heavy atom. The number of anilines is 1. The third kappa shape index (κ3) is 3.80. The van der Waals surface area contributed by atoms with E-state index in [0.717, 1.165) is 15.8 Å². The third-order valence-corrected chi connectivity index (χ3v) is 4.16. The first-order valence-corrected chi connectivity index (χ1v) is 7.89. The number of benzene rings is 1. The Morgan fingerprint density at radius 3 is 2.77 bits per heavy atom. The molecule has 0 spiro atoms. The molecule has 0 aliphatic carbocycles. The van der Waals surface area contributed by atoms with Gasteiger partial charge < -0.3 is 16.0 Å². The van der Waals surface area contributed by atoms with Gasteiger partial charge in [0.2, 0.25) is 11.8 Å². The number of rotatable bonds is 5. The molecule has 0 saturated carbocycles. The molecule has 1 aromatic carbocycles. The summed E-state index contributed by atoms with van der Waals surface area (Å²) in [5.41, 5.74) is 7.37. The molecule has 3 N–H and O–H groups in total. The SMILES string of the molecule is Cc1ccc2nc(NC(=O)CN(C(=O)CN)C(C)C)sc2c1. The van der Waals surface area contributed by atoms with E-state index < -0.39 is 0 Å². The minimum atomic E-state index is -0.272. The molecule has 0 saturated heterocycles. The number of fused-ring (bicyclic) bond motifs is 1. The zero-order chi connectivity index (χ0) is 16.3. The van der Waals surface area contributed by atoms with Gasteiger partial charge in [-0.05, 0) is 38.5 Å². The summed E-state index contributed by atoms with van der Waals surface area (Å²) in [7, 11) is 0. The number of amides is 2. The van der Waals surface area contributed by atoms with Gasteiger partial charge in [0, 0.05) is 6.04 Å². The Bertz CT molecular complexity index is 696. The summed E-state index contributed by atoms with van der Waals surface area (Å²) in [5, 5.41) is 3.29. The molecule has 0 aliphatic heterocycles. The van der Waals surface area contributed by atoms with E-state index in [1.807, 2.05) is 39.0 Å². The third-order valence-electron chi connectivity index (χ3n) is 3.22. The van der Waals surface area contributed by atoms with E-state index in [1.54, 1.807) is 0 Å². The zero-order valence-corrected chi connectivity index (χ0v) is 13.7. The summed E-state index contributed by atoms with van der Waals surface area (Å²) < 4.78 is 1.02. The highest BCUT2D eigenvalue weighted by molar-refractivity contribution is 7.22. The second kappa shape index (κ2) is 6.85. The summed E-state index contributed by atoms with van der Waals surface area (Å²) in [6, 6.07) is 5.85. The van der Waals surface area contributed by atoms with Gasteiger partial charge in [0.15, 0.2) is 5.13 Å². The number of hydrogen-bond acceptors (Lipinski definition) is 5. The van der Waals surface area contributed by atoms with Crippen LogP contribution in [0.2, 0.25) is 0 Å². The lowest BCUT2D eigenvalue weighted by Gasteiger charge is -2.25. The van der Waals surface area contributed by atoms with Gasteiger partial charge in [0.25, 0.3) is 0 Å². The molecular formula is C15H20N4O2S. The van der Waals surface area contributed by atoms with Crippen molar-refractivity contribution < 1.29 is 9.59 Å². The first kappa shape index (κ1) is 16.4. The van der Waals surface area contributed by atoms with E-state index in [4.69, 9.17) is 5.73 Å². The van der Waals surface area contributed by atoms with Crippen molar-refractivity contribution in [3.8, 4) is 0 Å². The van der Waals surface area contributed by atoms with Crippen LogP contribution in [0.15, 0.2) is 18.2 Å². The van der Waals surface area contributed by atoms with Gasteiger partial charge >= 0.3 is 0 Å². The molecule has 0 atom stereocenters. The van der Waals surface area contributed by atoms with Crippen LogP contribution in [0, 0.1) is 6.92 Å². The van der Waals surface area contributed by atoms with Gasteiger partial charge in [0.1, 0.15) is 6.54 Å². The lowest BCUT2D eigenvalue weighted by Crippen LogP contribution is -2.45. The van der Waals surface area contributed by atoms with Crippen molar-refractivity contribution in [2.45, 2.75) is 26.8 Å². The molecule has 22 heavy (non-hydrogen) atoms. The maximum absolute atomic E-state index is 12.1. The molecule has 6 nitrogen and oxygen atoms in total. The molecular weight excluding hydrogens is 300 g/mol. The van der Waals surface area contributed by atoms with Gasteiger partial charge in [-0.2, -0.15) is 0 Å². The van der Waals surface area contributed by atoms with Crippen LogP contribution in [-0.4, -0.2) is 40.8 Å². The van der Waals surface area contributed by atoms with Gasteiger partial charge in [0.05, 0.1) is 16.8 Å². The van der Waals surface area contributed by atoms with Crippen molar-refractivity contribution in [2.24, 2.45) is 5.73 Å². The molecule has 0 bridgehead atoms. The van der Waals surface area contributed by atoms with Crippen LogP contribution >= 0.6 is 11.3 Å². The molecule has 1 heterocycles. The van der Waals surface area contributed by atoms with E-state index in [1.165, 1.54) is 16.2 Å². The Balaban J connectivity index is 2.08. The highest BCUT2D eigenvalue weighted by atomic mass is 32.1. The maximum atomic E-state index is 12.1. The van der Waals surface area contributed by atoms with Gasteiger partial charge in [-0.15, -0.1) is 0 Å². The van der Waals surface area contributed by atoms with E-state index >= 15 is 0 Å². The Morgan fingerprint density at radius 2 is 2.14 bits per heavy atom. The number of thiazole rings is 1. The number of aromatic nitrogens is 1. The van der Waals surface area contributed by atoms with Crippen molar-refractivity contribution in [3.05, 3.63) is 23.8 Å². The minimum Gasteiger partial charge on any atom is -0.330 e. The highest BCUT2D eigenvalue weighted by Gasteiger charge is 2.19. The van der Waals surface area contributed by atoms with Crippen molar-refractivity contribution in [2.75, 3.05) is 18.4 Å². The van der Waals surface area contributed by atoms with Crippen LogP contribution in [0.4, 0.5) is 5.13 Å². The molecule has 0 radical (unpaired) electrons. The number of nitrogens with zero attached hydrogens (tertiary/aromatic N) is 2. The van der Waals surface area contributed by atoms with Gasteiger partial charge in [-0.25, -0.2) is 4.98 Å². The number of nitrogens with one attached hydrogen (secondary N) is 1. The fourth-order valence-electron chi connectivity index (χ4n) is 2.07. The fraction of sp³-hybridized carbons (Fsp3) is 0.400. The largest absolute Gasteiger partial charge is 0.330 e. The van der Waals surface area contributed by atoms with Gasteiger partial charge in [-0.3, -0.25) is 9.59 Å². The monoisotopic (exact) mass is 320 g/mol. The number of carbonyl (C=O) groups is 2. The summed E-state index contributed by atoms with van der Waals surface area (Å²) in [4.78, 5) is 29.7. The predicted octanol–water partition coefficient (Wildman–Crippen LogP) is 1.74.